The summed E-state index contributed by atoms with van der Waals surface area (Å²) in [6.45, 7) is 3.55. The number of aliphatic carboxylic acids is 1. The van der Waals surface area contributed by atoms with Crippen LogP contribution in [0.2, 0.25) is 0 Å². The first-order chi connectivity index (χ1) is 13.2. The second-order valence-electron chi connectivity index (χ2n) is 8.12. The van der Waals surface area contributed by atoms with E-state index in [1.54, 1.807) is 0 Å². The number of aliphatic hydroxyl groups excluding tert-OH is 1. The number of carboxylic acids is 1. The lowest BCUT2D eigenvalue weighted by atomic mass is 9.76. The molecule has 1 heterocycles. The van der Waals surface area contributed by atoms with Crippen molar-refractivity contribution in [1.82, 2.24) is 5.16 Å². The number of rotatable bonds is 5. The molecule has 2 aliphatic rings. The van der Waals surface area contributed by atoms with E-state index in [4.69, 9.17) is 9.63 Å². The molecular weight excluding hydrogens is 364 g/mol. The highest BCUT2D eigenvalue weighted by Gasteiger charge is 2.36. The van der Waals surface area contributed by atoms with Gasteiger partial charge in [0.1, 0.15) is 18.1 Å². The van der Waals surface area contributed by atoms with Crippen molar-refractivity contribution < 1.29 is 29.1 Å². The van der Waals surface area contributed by atoms with E-state index in [0.29, 0.717) is 54.8 Å². The number of carboxylic acid groups (broad SMARTS) is 1. The zero-order valence-corrected chi connectivity index (χ0v) is 16.1. The fraction of sp³-hybridized carbons (Fsp3) is 0.550. The third-order valence-corrected chi connectivity index (χ3v) is 5.07. The van der Waals surface area contributed by atoms with Crippen LogP contribution in [-0.2, 0) is 22.4 Å². The standard InChI is InChI=1S/C20H24N2O6/c1-20(2)8-15(25)19-12(22-28-16(19)9-20)6-7-14(24)18-11(21-10-17(26)27)4-3-5-13(18)23/h24H,3-10H2,1-2H3,(H,26,27)/b18-14+,21-11?. The molecule has 3 rings (SSSR count). The largest absolute Gasteiger partial charge is 0.511 e. The van der Waals surface area contributed by atoms with Crippen molar-refractivity contribution in [2.45, 2.75) is 58.8 Å². The lowest BCUT2D eigenvalue weighted by Gasteiger charge is -2.26. The van der Waals surface area contributed by atoms with Gasteiger partial charge in [-0.05, 0) is 18.3 Å². The van der Waals surface area contributed by atoms with Gasteiger partial charge >= 0.3 is 5.97 Å². The Labute approximate surface area is 162 Å². The second kappa shape index (κ2) is 7.69. The van der Waals surface area contributed by atoms with Crippen LogP contribution in [0.15, 0.2) is 20.8 Å². The number of nitrogens with zero attached hydrogens (tertiary/aromatic N) is 2. The van der Waals surface area contributed by atoms with E-state index >= 15 is 0 Å². The molecule has 0 amide bonds. The number of hydrogen-bond donors (Lipinski definition) is 2. The number of fused-ring (bicyclic) bond motifs is 1. The molecule has 0 bridgehead atoms. The normalized spacial score (nSPS) is 22.3. The summed E-state index contributed by atoms with van der Waals surface area (Å²) in [6, 6.07) is 0. The van der Waals surface area contributed by atoms with Crippen LogP contribution < -0.4 is 0 Å². The smallest absolute Gasteiger partial charge is 0.325 e. The van der Waals surface area contributed by atoms with Crippen molar-refractivity contribution in [1.29, 1.82) is 0 Å². The highest BCUT2D eigenvalue weighted by atomic mass is 16.5. The molecule has 1 aromatic rings. The topological polar surface area (TPSA) is 130 Å². The lowest BCUT2D eigenvalue weighted by Crippen LogP contribution is -2.26. The van der Waals surface area contributed by atoms with Gasteiger partial charge in [0.2, 0.25) is 0 Å². The third-order valence-electron chi connectivity index (χ3n) is 5.07. The fourth-order valence-electron chi connectivity index (χ4n) is 3.83. The highest BCUT2D eigenvalue weighted by molar-refractivity contribution is 6.24. The molecule has 8 nitrogen and oxygen atoms in total. The van der Waals surface area contributed by atoms with Gasteiger partial charge in [-0.1, -0.05) is 19.0 Å². The molecule has 1 saturated carbocycles. The summed E-state index contributed by atoms with van der Waals surface area (Å²) in [5, 5.41) is 23.3. The molecule has 0 aliphatic heterocycles. The Balaban J connectivity index is 1.81. The number of aliphatic imine (C=N–C) groups is 1. The van der Waals surface area contributed by atoms with Crippen LogP contribution in [0.1, 0.15) is 67.8 Å². The molecule has 0 unspecified atom stereocenters. The lowest BCUT2D eigenvalue weighted by molar-refractivity contribution is -0.135. The monoisotopic (exact) mass is 388 g/mol. The molecule has 2 N–H and O–H groups in total. The van der Waals surface area contributed by atoms with Crippen molar-refractivity contribution >= 4 is 23.2 Å². The average molecular weight is 388 g/mol. The highest BCUT2D eigenvalue weighted by Crippen LogP contribution is 2.36. The molecular formula is C20H24N2O6. The number of carbonyl (C=O) groups excluding carboxylic acids is 2. The minimum Gasteiger partial charge on any atom is -0.511 e. The summed E-state index contributed by atoms with van der Waals surface area (Å²) >= 11 is 0. The average Bonchev–Trinajstić information content (AvgIpc) is 2.99. The van der Waals surface area contributed by atoms with E-state index in [0.717, 1.165) is 0 Å². The van der Waals surface area contributed by atoms with Crippen LogP contribution >= 0.6 is 0 Å². The van der Waals surface area contributed by atoms with Crippen LogP contribution in [0.3, 0.4) is 0 Å². The van der Waals surface area contributed by atoms with Crippen LogP contribution in [0.25, 0.3) is 0 Å². The first kappa shape index (κ1) is 20.0. The number of Topliss-reactive ketones (excluding diaryl/α,β-unsaturated/α-hetero) is 2. The van der Waals surface area contributed by atoms with Crippen molar-refractivity contribution in [3.63, 3.8) is 0 Å². The first-order valence-electron chi connectivity index (χ1n) is 9.39. The summed E-state index contributed by atoms with van der Waals surface area (Å²) < 4.78 is 5.35. The number of aromatic nitrogens is 1. The maximum absolute atomic E-state index is 12.5. The van der Waals surface area contributed by atoms with E-state index in [1.807, 2.05) is 13.8 Å². The van der Waals surface area contributed by atoms with Crippen molar-refractivity contribution in [2.75, 3.05) is 6.54 Å². The molecule has 0 saturated heterocycles. The van der Waals surface area contributed by atoms with Gasteiger partial charge in [0, 0.05) is 37.8 Å². The van der Waals surface area contributed by atoms with Crippen LogP contribution in [0.4, 0.5) is 0 Å². The van der Waals surface area contributed by atoms with Gasteiger partial charge in [0.15, 0.2) is 11.6 Å². The Bertz CT molecular complexity index is 891. The van der Waals surface area contributed by atoms with Gasteiger partial charge in [-0.15, -0.1) is 0 Å². The Hall–Kier alpha value is -2.77. The maximum Gasteiger partial charge on any atom is 0.325 e. The van der Waals surface area contributed by atoms with Gasteiger partial charge in [-0.3, -0.25) is 19.4 Å². The van der Waals surface area contributed by atoms with Gasteiger partial charge in [-0.25, -0.2) is 0 Å². The van der Waals surface area contributed by atoms with Crippen molar-refractivity contribution in [3.8, 4) is 0 Å². The van der Waals surface area contributed by atoms with E-state index in [9.17, 15) is 19.5 Å². The predicted molar refractivity (Wildman–Crippen MR) is 99.7 cm³/mol. The second-order valence-corrected chi connectivity index (χ2v) is 8.12. The molecule has 0 aromatic carbocycles. The van der Waals surface area contributed by atoms with Crippen molar-refractivity contribution in [2.24, 2.45) is 10.4 Å². The third kappa shape index (κ3) is 4.21. The predicted octanol–water partition coefficient (Wildman–Crippen LogP) is 2.85. The van der Waals surface area contributed by atoms with Gasteiger partial charge in [0.05, 0.1) is 16.8 Å². The number of aliphatic hydroxyl groups is 1. The zero-order chi connectivity index (χ0) is 20.5. The molecule has 0 spiro atoms. The molecule has 8 heteroatoms. The van der Waals surface area contributed by atoms with Gasteiger partial charge in [0.25, 0.3) is 0 Å². The molecule has 28 heavy (non-hydrogen) atoms. The molecule has 1 aromatic heterocycles. The Morgan fingerprint density at radius 3 is 2.64 bits per heavy atom. The summed E-state index contributed by atoms with van der Waals surface area (Å²) in [4.78, 5) is 39.5. The van der Waals surface area contributed by atoms with Crippen LogP contribution in [0.5, 0.6) is 0 Å². The molecule has 2 aliphatic carbocycles. The maximum atomic E-state index is 12.5. The number of aryl methyl sites for hydroxylation is 1. The minimum absolute atomic E-state index is 0.0212. The first-order valence-corrected chi connectivity index (χ1v) is 9.39. The number of hydrogen-bond acceptors (Lipinski definition) is 7. The Kier molecular flexibility index (Phi) is 5.49. The Morgan fingerprint density at radius 2 is 1.93 bits per heavy atom. The summed E-state index contributed by atoms with van der Waals surface area (Å²) in [5.41, 5.74) is 1.24. The quantitative estimate of drug-likeness (QED) is 0.586. The summed E-state index contributed by atoms with van der Waals surface area (Å²) in [7, 11) is 0. The number of ketones is 2. The number of carbonyl (C=O) groups is 3. The van der Waals surface area contributed by atoms with Gasteiger partial charge in [-0.2, -0.15) is 0 Å². The van der Waals surface area contributed by atoms with E-state index in [1.165, 1.54) is 0 Å². The fourth-order valence-corrected chi connectivity index (χ4v) is 3.83. The van der Waals surface area contributed by atoms with Crippen molar-refractivity contribution in [3.05, 3.63) is 28.3 Å². The summed E-state index contributed by atoms with van der Waals surface area (Å²) in [5.74, 6) is -0.935. The van der Waals surface area contributed by atoms with Gasteiger partial charge < -0.3 is 14.7 Å². The van der Waals surface area contributed by atoms with E-state index in [-0.39, 0.29) is 41.2 Å². The van der Waals surface area contributed by atoms with Crippen LogP contribution in [-0.4, -0.2) is 45.2 Å². The van der Waals surface area contributed by atoms with E-state index in [2.05, 4.69) is 10.1 Å². The molecule has 0 atom stereocenters. The minimum atomic E-state index is -1.10. The summed E-state index contributed by atoms with van der Waals surface area (Å²) in [6.07, 6.45) is 2.70. The van der Waals surface area contributed by atoms with E-state index < -0.39 is 12.5 Å². The molecule has 1 fully saturated rings. The SMILES string of the molecule is CC1(C)CC(=O)c2c(CC/C(O)=C3\C(=O)CCCC3=NCC(=O)O)noc2C1. The zero-order valence-electron chi connectivity index (χ0n) is 16.1. The van der Waals surface area contributed by atoms with Crippen LogP contribution in [0, 0.1) is 5.41 Å². The molecule has 0 radical (unpaired) electrons. The number of allylic oxidation sites excluding steroid dienone is 2. The Morgan fingerprint density at radius 1 is 1.18 bits per heavy atom. The molecule has 150 valence electrons.